The Bertz CT molecular complexity index is 736. The van der Waals surface area contributed by atoms with E-state index >= 15 is 0 Å². The van der Waals surface area contributed by atoms with Crippen molar-refractivity contribution >= 4 is 5.97 Å². The number of fused-ring (bicyclic) bond motifs is 2. The molecular formula is C18H18O4. The molecule has 0 bridgehead atoms. The first-order valence-electron chi connectivity index (χ1n) is 7.28. The average molecular weight is 298 g/mol. The predicted molar refractivity (Wildman–Crippen MR) is 82.4 cm³/mol. The molecule has 2 atom stereocenters. The number of hydrogen-bond donors (Lipinski definition) is 2. The van der Waals surface area contributed by atoms with Crippen LogP contribution in [0.4, 0.5) is 0 Å². The number of aliphatic hydroxyl groups is 1. The van der Waals surface area contributed by atoms with Gasteiger partial charge in [0.15, 0.2) is 0 Å². The van der Waals surface area contributed by atoms with Crippen LogP contribution in [-0.4, -0.2) is 16.2 Å². The molecule has 0 saturated carbocycles. The van der Waals surface area contributed by atoms with Crippen LogP contribution in [0.1, 0.15) is 41.2 Å². The van der Waals surface area contributed by atoms with Crippen molar-refractivity contribution in [3.63, 3.8) is 0 Å². The SMILES string of the molecule is Cc1ccc2c(c1)C[C@H](O)c1cc([C@H](C)C(=O)O)ccc1O2. The fourth-order valence-corrected chi connectivity index (χ4v) is 2.74. The van der Waals surface area contributed by atoms with Crippen molar-refractivity contribution < 1.29 is 19.7 Å². The summed E-state index contributed by atoms with van der Waals surface area (Å²) in [5, 5.41) is 19.6. The number of aliphatic carboxylic acids is 1. The molecule has 0 spiro atoms. The van der Waals surface area contributed by atoms with Gasteiger partial charge in [-0.25, -0.2) is 0 Å². The van der Waals surface area contributed by atoms with Gasteiger partial charge in [0, 0.05) is 12.0 Å². The Labute approximate surface area is 129 Å². The summed E-state index contributed by atoms with van der Waals surface area (Å²) < 4.78 is 5.92. The third-order valence-corrected chi connectivity index (χ3v) is 4.11. The van der Waals surface area contributed by atoms with Crippen LogP contribution < -0.4 is 4.74 Å². The largest absolute Gasteiger partial charge is 0.481 e. The van der Waals surface area contributed by atoms with Crippen molar-refractivity contribution in [3.8, 4) is 11.5 Å². The van der Waals surface area contributed by atoms with E-state index in [-0.39, 0.29) is 0 Å². The molecular weight excluding hydrogens is 280 g/mol. The van der Waals surface area contributed by atoms with E-state index in [1.807, 2.05) is 25.1 Å². The van der Waals surface area contributed by atoms with Gasteiger partial charge in [-0.05, 0) is 43.2 Å². The minimum Gasteiger partial charge on any atom is -0.481 e. The molecule has 0 unspecified atom stereocenters. The van der Waals surface area contributed by atoms with Crippen molar-refractivity contribution in [1.82, 2.24) is 0 Å². The lowest BCUT2D eigenvalue weighted by atomic mass is 9.94. The molecule has 1 aliphatic heterocycles. The number of rotatable bonds is 2. The van der Waals surface area contributed by atoms with Gasteiger partial charge in [-0.3, -0.25) is 4.79 Å². The summed E-state index contributed by atoms with van der Waals surface area (Å²) in [4.78, 5) is 11.1. The minimum atomic E-state index is -0.886. The Morgan fingerprint density at radius 3 is 2.68 bits per heavy atom. The molecule has 0 fully saturated rings. The number of ether oxygens (including phenoxy) is 1. The first-order chi connectivity index (χ1) is 10.5. The average Bonchev–Trinajstić information content (AvgIpc) is 2.62. The minimum absolute atomic E-state index is 0.453. The van der Waals surface area contributed by atoms with Crippen LogP contribution in [0.25, 0.3) is 0 Å². The quantitative estimate of drug-likeness (QED) is 0.889. The van der Waals surface area contributed by atoms with Crippen LogP contribution in [0, 0.1) is 6.92 Å². The number of carbonyl (C=O) groups is 1. The molecule has 22 heavy (non-hydrogen) atoms. The molecule has 0 radical (unpaired) electrons. The van der Waals surface area contributed by atoms with E-state index in [1.54, 1.807) is 25.1 Å². The third-order valence-electron chi connectivity index (χ3n) is 4.11. The fourth-order valence-electron chi connectivity index (χ4n) is 2.74. The Balaban J connectivity index is 2.04. The van der Waals surface area contributed by atoms with E-state index in [9.17, 15) is 9.90 Å². The molecule has 114 valence electrons. The van der Waals surface area contributed by atoms with Gasteiger partial charge in [-0.2, -0.15) is 0 Å². The summed E-state index contributed by atoms with van der Waals surface area (Å²) in [5.41, 5.74) is 3.37. The Hall–Kier alpha value is -2.33. The second-order valence-corrected chi connectivity index (χ2v) is 5.79. The molecule has 2 N–H and O–H groups in total. The fraction of sp³-hybridized carbons (Fsp3) is 0.278. The monoisotopic (exact) mass is 298 g/mol. The van der Waals surface area contributed by atoms with Gasteiger partial charge in [0.1, 0.15) is 11.5 Å². The molecule has 0 aromatic heterocycles. The van der Waals surface area contributed by atoms with Gasteiger partial charge >= 0.3 is 5.97 Å². The first kappa shape index (κ1) is 14.6. The molecule has 4 nitrogen and oxygen atoms in total. The van der Waals surface area contributed by atoms with E-state index in [0.29, 0.717) is 23.3 Å². The number of carboxylic acid groups (broad SMARTS) is 1. The Kier molecular flexibility index (Phi) is 3.62. The molecule has 4 heteroatoms. The van der Waals surface area contributed by atoms with Gasteiger partial charge in [0.25, 0.3) is 0 Å². The summed E-state index contributed by atoms with van der Waals surface area (Å²) in [6, 6.07) is 11.1. The molecule has 3 rings (SSSR count). The van der Waals surface area contributed by atoms with Gasteiger partial charge in [-0.15, -0.1) is 0 Å². The maximum Gasteiger partial charge on any atom is 0.310 e. The van der Waals surface area contributed by atoms with Crippen LogP contribution in [0.3, 0.4) is 0 Å². The standard InChI is InChI=1S/C18H18O4/c1-10-3-5-16-13(7-10)9-15(19)14-8-12(11(2)18(20)21)4-6-17(14)22-16/h3-8,11,15,19H,9H2,1-2H3,(H,20,21)/t11-,15-/m0/s1. The smallest absolute Gasteiger partial charge is 0.310 e. The molecule has 0 amide bonds. The molecule has 0 saturated heterocycles. The van der Waals surface area contributed by atoms with Gasteiger partial charge < -0.3 is 14.9 Å². The molecule has 2 aromatic rings. The number of carboxylic acids is 1. The van der Waals surface area contributed by atoms with E-state index in [1.165, 1.54) is 0 Å². The van der Waals surface area contributed by atoms with Crippen LogP contribution >= 0.6 is 0 Å². The second kappa shape index (κ2) is 5.46. The summed E-state index contributed by atoms with van der Waals surface area (Å²) in [6.07, 6.45) is -0.256. The zero-order chi connectivity index (χ0) is 15.9. The van der Waals surface area contributed by atoms with Crippen molar-refractivity contribution in [2.75, 3.05) is 0 Å². The van der Waals surface area contributed by atoms with E-state index < -0.39 is 18.0 Å². The third kappa shape index (κ3) is 2.57. The first-order valence-corrected chi connectivity index (χ1v) is 7.28. The highest BCUT2D eigenvalue weighted by Gasteiger charge is 2.24. The molecule has 0 aliphatic carbocycles. The summed E-state index contributed by atoms with van der Waals surface area (Å²) >= 11 is 0. The van der Waals surface area contributed by atoms with Crippen molar-refractivity contribution in [2.45, 2.75) is 32.3 Å². The van der Waals surface area contributed by atoms with Gasteiger partial charge in [-0.1, -0.05) is 23.8 Å². The summed E-state index contributed by atoms with van der Waals surface area (Å²) in [5.74, 6) is -0.188. The Morgan fingerprint density at radius 1 is 1.23 bits per heavy atom. The van der Waals surface area contributed by atoms with Crippen LogP contribution in [-0.2, 0) is 11.2 Å². The lowest BCUT2D eigenvalue weighted by Crippen LogP contribution is -2.09. The van der Waals surface area contributed by atoms with Crippen LogP contribution in [0.15, 0.2) is 36.4 Å². The van der Waals surface area contributed by atoms with Crippen LogP contribution in [0.2, 0.25) is 0 Å². The highest BCUT2D eigenvalue weighted by molar-refractivity contribution is 5.75. The zero-order valence-electron chi connectivity index (χ0n) is 12.5. The predicted octanol–water partition coefficient (Wildman–Crippen LogP) is 3.56. The maximum atomic E-state index is 11.1. The topological polar surface area (TPSA) is 66.8 Å². The lowest BCUT2D eigenvalue weighted by Gasteiger charge is -2.14. The summed E-state index contributed by atoms with van der Waals surface area (Å²) in [6.45, 7) is 3.63. The van der Waals surface area contributed by atoms with Crippen LogP contribution in [0.5, 0.6) is 11.5 Å². The number of aryl methyl sites for hydroxylation is 1. The van der Waals surface area contributed by atoms with Crippen molar-refractivity contribution in [3.05, 3.63) is 58.7 Å². The number of benzene rings is 2. The van der Waals surface area contributed by atoms with E-state index in [4.69, 9.17) is 9.84 Å². The van der Waals surface area contributed by atoms with Gasteiger partial charge in [0.2, 0.25) is 0 Å². The maximum absolute atomic E-state index is 11.1. The van der Waals surface area contributed by atoms with E-state index in [0.717, 1.165) is 16.9 Å². The van der Waals surface area contributed by atoms with Crippen molar-refractivity contribution in [1.29, 1.82) is 0 Å². The summed E-state index contributed by atoms with van der Waals surface area (Å²) in [7, 11) is 0. The Morgan fingerprint density at radius 2 is 1.95 bits per heavy atom. The highest BCUT2D eigenvalue weighted by Crippen LogP contribution is 2.39. The normalized spacial score (nSPS) is 17.7. The van der Waals surface area contributed by atoms with E-state index in [2.05, 4.69) is 0 Å². The second-order valence-electron chi connectivity index (χ2n) is 5.79. The van der Waals surface area contributed by atoms with Gasteiger partial charge in [0.05, 0.1) is 12.0 Å². The molecule has 1 heterocycles. The lowest BCUT2D eigenvalue weighted by molar-refractivity contribution is -0.138. The zero-order valence-corrected chi connectivity index (χ0v) is 12.5. The van der Waals surface area contributed by atoms with Crippen molar-refractivity contribution in [2.24, 2.45) is 0 Å². The molecule has 2 aromatic carbocycles. The highest BCUT2D eigenvalue weighted by atomic mass is 16.5. The number of hydrogen-bond acceptors (Lipinski definition) is 3. The molecule has 1 aliphatic rings. The number of aliphatic hydroxyl groups excluding tert-OH is 1.